The zero-order valence-electron chi connectivity index (χ0n) is 10.7. The molecule has 104 valence electrons. The van der Waals surface area contributed by atoms with E-state index in [1.54, 1.807) is 30.3 Å². The number of Topliss-reactive ketones (excluding diaryl/α,β-unsaturated/α-hetero) is 1. The smallest absolute Gasteiger partial charge is 0.204 e. The van der Waals surface area contributed by atoms with E-state index in [1.807, 2.05) is 0 Å². The summed E-state index contributed by atoms with van der Waals surface area (Å²) in [6, 6.07) is 10.3. The number of rotatable bonds is 5. The van der Waals surface area contributed by atoms with Gasteiger partial charge in [0.1, 0.15) is 11.6 Å². The van der Waals surface area contributed by atoms with Crippen LogP contribution in [0.25, 0.3) is 0 Å². The Morgan fingerprint density at radius 2 is 1.85 bits per heavy atom. The number of ether oxygens (including phenoxy) is 2. The molecule has 0 bridgehead atoms. The van der Waals surface area contributed by atoms with Gasteiger partial charge in [0.25, 0.3) is 0 Å². The lowest BCUT2D eigenvalue weighted by Crippen LogP contribution is -2.14. The van der Waals surface area contributed by atoms with Crippen LogP contribution in [0.2, 0.25) is 0 Å². The van der Waals surface area contributed by atoms with Crippen LogP contribution in [0.5, 0.6) is 11.5 Å². The summed E-state index contributed by atoms with van der Waals surface area (Å²) in [6.45, 7) is -0.330. The minimum absolute atomic E-state index is 0.180. The van der Waals surface area contributed by atoms with Crippen molar-refractivity contribution >= 4 is 5.78 Å². The molecule has 2 aromatic rings. The number of hydrogen-bond acceptors (Lipinski definition) is 3. The first kappa shape index (κ1) is 14.0. The Hall–Kier alpha value is -2.43. The maximum Gasteiger partial charge on any atom is 0.204 e. The Labute approximate surface area is 114 Å². The topological polar surface area (TPSA) is 35.5 Å². The molecule has 0 aliphatic heterocycles. The number of benzene rings is 2. The van der Waals surface area contributed by atoms with Crippen molar-refractivity contribution in [2.75, 3.05) is 13.7 Å². The Balaban J connectivity index is 2.17. The fraction of sp³-hybridized carbons (Fsp3) is 0.133. The second kappa shape index (κ2) is 6.14. The highest BCUT2D eigenvalue weighted by molar-refractivity contribution is 5.99. The van der Waals surface area contributed by atoms with Crippen LogP contribution in [0.4, 0.5) is 8.78 Å². The first-order valence-electron chi connectivity index (χ1n) is 5.86. The fourth-order valence-corrected chi connectivity index (χ4v) is 1.72. The molecule has 0 aromatic heterocycles. The molecule has 0 aliphatic rings. The normalized spacial score (nSPS) is 10.2. The SMILES string of the molecule is COc1c(F)cc(F)cc1C(=O)COc1ccccc1. The van der Waals surface area contributed by atoms with Gasteiger partial charge in [0.2, 0.25) is 5.78 Å². The number of methoxy groups -OCH3 is 1. The number of ketones is 1. The van der Waals surface area contributed by atoms with Crippen molar-refractivity contribution in [2.24, 2.45) is 0 Å². The van der Waals surface area contributed by atoms with E-state index in [9.17, 15) is 13.6 Å². The quantitative estimate of drug-likeness (QED) is 0.788. The van der Waals surface area contributed by atoms with Gasteiger partial charge < -0.3 is 9.47 Å². The van der Waals surface area contributed by atoms with Crippen LogP contribution in [-0.4, -0.2) is 19.5 Å². The van der Waals surface area contributed by atoms with Crippen molar-refractivity contribution in [1.82, 2.24) is 0 Å². The number of halogens is 2. The van der Waals surface area contributed by atoms with Crippen molar-refractivity contribution in [1.29, 1.82) is 0 Å². The van der Waals surface area contributed by atoms with Crippen LogP contribution in [0.1, 0.15) is 10.4 Å². The van der Waals surface area contributed by atoms with Crippen LogP contribution < -0.4 is 9.47 Å². The van der Waals surface area contributed by atoms with E-state index < -0.39 is 17.4 Å². The third-order valence-corrected chi connectivity index (χ3v) is 2.63. The standard InChI is InChI=1S/C15H12F2O3/c1-19-15-12(7-10(16)8-13(15)17)14(18)9-20-11-5-3-2-4-6-11/h2-8H,9H2,1H3. The number of carbonyl (C=O) groups is 1. The van der Waals surface area contributed by atoms with Gasteiger partial charge in [-0.05, 0) is 18.2 Å². The largest absolute Gasteiger partial charge is 0.493 e. The number of carbonyl (C=O) groups excluding carboxylic acids is 1. The second-order valence-electron chi connectivity index (χ2n) is 3.99. The second-order valence-corrected chi connectivity index (χ2v) is 3.99. The molecule has 2 aromatic carbocycles. The molecule has 0 saturated carbocycles. The number of hydrogen-bond donors (Lipinski definition) is 0. The Bertz CT molecular complexity index is 612. The third kappa shape index (κ3) is 3.12. The monoisotopic (exact) mass is 278 g/mol. The molecule has 0 radical (unpaired) electrons. The molecule has 0 unspecified atom stereocenters. The van der Waals surface area contributed by atoms with Gasteiger partial charge in [-0.15, -0.1) is 0 Å². The zero-order valence-corrected chi connectivity index (χ0v) is 10.7. The van der Waals surface area contributed by atoms with Crippen LogP contribution >= 0.6 is 0 Å². The molecule has 0 fully saturated rings. The maximum absolute atomic E-state index is 13.5. The van der Waals surface area contributed by atoms with E-state index in [0.29, 0.717) is 11.8 Å². The highest BCUT2D eigenvalue weighted by Crippen LogP contribution is 2.24. The van der Waals surface area contributed by atoms with Gasteiger partial charge in [-0.3, -0.25) is 4.79 Å². The molecule has 0 aliphatic carbocycles. The van der Waals surface area contributed by atoms with E-state index in [-0.39, 0.29) is 17.9 Å². The molecular formula is C15H12F2O3. The fourth-order valence-electron chi connectivity index (χ4n) is 1.72. The molecular weight excluding hydrogens is 266 g/mol. The summed E-state index contributed by atoms with van der Waals surface area (Å²) in [4.78, 5) is 12.0. The van der Waals surface area contributed by atoms with Gasteiger partial charge in [-0.2, -0.15) is 0 Å². The molecule has 3 nitrogen and oxygen atoms in total. The average molecular weight is 278 g/mol. The van der Waals surface area contributed by atoms with E-state index in [4.69, 9.17) is 9.47 Å². The predicted molar refractivity (Wildman–Crippen MR) is 69.2 cm³/mol. The molecule has 20 heavy (non-hydrogen) atoms. The van der Waals surface area contributed by atoms with Gasteiger partial charge in [0, 0.05) is 6.07 Å². The molecule has 2 rings (SSSR count). The average Bonchev–Trinajstić information content (AvgIpc) is 2.45. The summed E-state index contributed by atoms with van der Waals surface area (Å²) in [5.41, 5.74) is -0.180. The summed E-state index contributed by atoms with van der Waals surface area (Å²) in [6.07, 6.45) is 0. The van der Waals surface area contributed by atoms with Gasteiger partial charge >= 0.3 is 0 Å². The van der Waals surface area contributed by atoms with E-state index >= 15 is 0 Å². The molecule has 0 saturated heterocycles. The Morgan fingerprint density at radius 1 is 1.15 bits per heavy atom. The number of para-hydroxylation sites is 1. The molecule has 0 amide bonds. The van der Waals surface area contributed by atoms with Gasteiger partial charge in [0.15, 0.2) is 18.2 Å². The van der Waals surface area contributed by atoms with Gasteiger partial charge in [-0.1, -0.05) is 18.2 Å². The minimum Gasteiger partial charge on any atom is -0.493 e. The highest BCUT2D eigenvalue weighted by Gasteiger charge is 2.18. The van der Waals surface area contributed by atoms with Crippen LogP contribution in [0.15, 0.2) is 42.5 Å². The third-order valence-electron chi connectivity index (χ3n) is 2.63. The summed E-state index contributed by atoms with van der Waals surface area (Å²) >= 11 is 0. The molecule has 5 heteroatoms. The summed E-state index contributed by atoms with van der Waals surface area (Å²) < 4.78 is 36.7. The lowest BCUT2D eigenvalue weighted by Gasteiger charge is -2.10. The van der Waals surface area contributed by atoms with Gasteiger partial charge in [-0.25, -0.2) is 8.78 Å². The highest BCUT2D eigenvalue weighted by atomic mass is 19.1. The van der Waals surface area contributed by atoms with Gasteiger partial charge in [0.05, 0.1) is 12.7 Å². The van der Waals surface area contributed by atoms with E-state index in [1.165, 1.54) is 7.11 Å². The molecule has 0 spiro atoms. The van der Waals surface area contributed by atoms with Crippen molar-refractivity contribution in [3.8, 4) is 11.5 Å². The maximum atomic E-state index is 13.5. The summed E-state index contributed by atoms with van der Waals surface area (Å²) in [5, 5.41) is 0. The van der Waals surface area contributed by atoms with Crippen molar-refractivity contribution < 1.29 is 23.0 Å². The molecule has 0 atom stereocenters. The molecule has 0 N–H and O–H groups in total. The zero-order chi connectivity index (χ0) is 14.5. The van der Waals surface area contributed by atoms with Crippen molar-refractivity contribution in [3.63, 3.8) is 0 Å². The lowest BCUT2D eigenvalue weighted by molar-refractivity contribution is 0.0917. The van der Waals surface area contributed by atoms with Crippen molar-refractivity contribution in [2.45, 2.75) is 0 Å². The predicted octanol–water partition coefficient (Wildman–Crippen LogP) is 3.24. The van der Waals surface area contributed by atoms with E-state index in [2.05, 4.69) is 0 Å². The van der Waals surface area contributed by atoms with Crippen molar-refractivity contribution in [3.05, 3.63) is 59.7 Å². The van der Waals surface area contributed by atoms with E-state index in [0.717, 1.165) is 6.07 Å². The Kier molecular flexibility index (Phi) is 4.30. The summed E-state index contributed by atoms with van der Waals surface area (Å²) in [7, 11) is 1.21. The van der Waals surface area contributed by atoms with Crippen LogP contribution in [0.3, 0.4) is 0 Å². The van der Waals surface area contributed by atoms with Crippen LogP contribution in [0, 0.1) is 11.6 Å². The minimum atomic E-state index is -0.921. The summed E-state index contributed by atoms with van der Waals surface area (Å²) in [5.74, 6) is -2.12. The Morgan fingerprint density at radius 3 is 2.50 bits per heavy atom. The lowest BCUT2D eigenvalue weighted by atomic mass is 10.1. The molecule has 0 heterocycles. The van der Waals surface area contributed by atoms with Crippen LogP contribution in [-0.2, 0) is 0 Å². The first-order valence-corrected chi connectivity index (χ1v) is 5.86. The first-order chi connectivity index (χ1) is 9.61.